The number of carbonyl (C=O) groups is 3. The van der Waals surface area contributed by atoms with E-state index in [4.69, 9.17) is 16.3 Å². The number of nitrogens with zero attached hydrogens (tertiary/aromatic N) is 4. The van der Waals surface area contributed by atoms with Gasteiger partial charge in [0.15, 0.2) is 11.5 Å². The van der Waals surface area contributed by atoms with E-state index >= 15 is 0 Å². The van der Waals surface area contributed by atoms with Crippen molar-refractivity contribution in [1.82, 2.24) is 19.6 Å². The molecule has 0 bridgehead atoms. The molecule has 4 rings (SSSR count). The smallest absolute Gasteiger partial charge is 0.409 e. The quantitative estimate of drug-likeness (QED) is 0.226. The average Bonchev–Trinajstić information content (AvgIpc) is 3.57. The maximum atomic E-state index is 14.5. The van der Waals surface area contributed by atoms with Gasteiger partial charge < -0.3 is 19.4 Å². The van der Waals surface area contributed by atoms with Crippen molar-refractivity contribution < 1.29 is 19.1 Å². The van der Waals surface area contributed by atoms with E-state index in [1.165, 1.54) is 19.3 Å². The third-order valence-electron chi connectivity index (χ3n) is 9.57. The zero-order chi connectivity index (χ0) is 32.5. The number of thiophene rings is 1. The zero-order valence-electron chi connectivity index (χ0n) is 27.7. The van der Waals surface area contributed by atoms with Crippen LogP contribution in [0.4, 0.5) is 4.79 Å². The number of hydrogen-bond acceptors (Lipinski definition) is 7. The summed E-state index contributed by atoms with van der Waals surface area (Å²) in [6, 6.07) is 6.94. The van der Waals surface area contributed by atoms with Gasteiger partial charge in [0.2, 0.25) is 5.91 Å². The van der Waals surface area contributed by atoms with E-state index in [0.29, 0.717) is 36.2 Å². The fourth-order valence-corrected chi connectivity index (χ4v) is 7.51. The topological polar surface area (TPSA) is 73.4 Å². The van der Waals surface area contributed by atoms with E-state index < -0.39 is 12.1 Å². The number of carbonyl (C=O) groups excluding carboxylic acids is 3. The fourth-order valence-electron chi connectivity index (χ4n) is 6.55. The molecule has 1 aliphatic heterocycles. The van der Waals surface area contributed by atoms with Gasteiger partial charge in [0.05, 0.1) is 17.6 Å². The highest BCUT2D eigenvalue weighted by Crippen LogP contribution is 2.31. The molecule has 0 spiro atoms. The molecule has 1 aliphatic carbocycles. The summed E-state index contributed by atoms with van der Waals surface area (Å²) in [6.07, 6.45) is 8.90. The number of ketones is 1. The molecule has 1 saturated heterocycles. The molecule has 248 valence electrons. The zero-order valence-corrected chi connectivity index (χ0v) is 29.3. The number of piperazine rings is 1. The Bertz CT molecular complexity index is 1280. The van der Waals surface area contributed by atoms with Crippen molar-refractivity contribution in [2.24, 2.45) is 0 Å². The minimum absolute atomic E-state index is 0.00706. The number of amides is 2. The normalized spacial score (nSPS) is 18.4. The summed E-state index contributed by atoms with van der Waals surface area (Å²) in [5, 5.41) is 2.41. The first-order valence-electron chi connectivity index (χ1n) is 16.5. The lowest BCUT2D eigenvalue weighted by Gasteiger charge is -2.44. The summed E-state index contributed by atoms with van der Waals surface area (Å²) in [4.78, 5) is 50.7. The number of ether oxygens (including phenoxy) is 1. The highest BCUT2D eigenvalue weighted by Gasteiger charge is 2.41. The molecule has 2 aromatic rings. The van der Waals surface area contributed by atoms with Crippen molar-refractivity contribution in [3.05, 3.63) is 50.7 Å². The monoisotopic (exact) mass is 658 g/mol. The first kappa shape index (κ1) is 35.4. The van der Waals surface area contributed by atoms with Gasteiger partial charge in [0.1, 0.15) is 6.04 Å². The molecule has 2 atom stereocenters. The Labute approximate surface area is 278 Å². The first-order chi connectivity index (χ1) is 21.6. The summed E-state index contributed by atoms with van der Waals surface area (Å²) in [5.74, 6) is 0.286. The number of hydrogen-bond donors (Lipinski definition) is 0. The lowest BCUT2D eigenvalue weighted by Crippen LogP contribution is -2.63. The number of aryl methyl sites for hydroxylation is 2. The van der Waals surface area contributed by atoms with Gasteiger partial charge in [-0.25, -0.2) is 4.79 Å². The largest absolute Gasteiger partial charge is 0.415 e. The van der Waals surface area contributed by atoms with Crippen molar-refractivity contribution in [1.29, 1.82) is 0 Å². The Hall–Kier alpha value is -2.46. The number of rotatable bonds is 13. The highest BCUT2D eigenvalue weighted by molar-refractivity contribution is 7.09. The van der Waals surface area contributed by atoms with Gasteiger partial charge in [0.25, 0.3) is 0 Å². The van der Waals surface area contributed by atoms with Gasteiger partial charge in [-0.1, -0.05) is 49.4 Å². The second kappa shape index (κ2) is 16.9. The number of unbranched alkanes of at least 4 members (excludes halogenated alkanes) is 1. The Morgan fingerprint density at radius 3 is 2.49 bits per heavy atom. The van der Waals surface area contributed by atoms with Crippen LogP contribution >= 0.6 is 22.9 Å². The molecule has 2 aliphatic rings. The van der Waals surface area contributed by atoms with E-state index in [1.807, 2.05) is 37.4 Å². The predicted molar refractivity (Wildman–Crippen MR) is 182 cm³/mol. The predicted octanol–water partition coefficient (Wildman–Crippen LogP) is 6.60. The SMILES string of the molecule is Cc1ccc(OC(=O)N2CCN(C(=O)[C@@H](CCCCN(C)C)N(C)C3CCCCC3)[C@H](C(=O)CCc3cccs3)C2)c(Cl)c1C. The summed E-state index contributed by atoms with van der Waals surface area (Å²) < 4.78 is 5.74. The number of likely N-dealkylation sites (N-methyl/N-ethyl adjacent to an activating group) is 1. The maximum Gasteiger partial charge on any atom is 0.415 e. The van der Waals surface area contributed by atoms with Crippen LogP contribution in [0.15, 0.2) is 29.6 Å². The standard InChI is InChI=1S/C35H51ClN4O4S/c1-25-16-19-32(33(36)26(25)2)44-35(43)39-21-22-40(30(24-39)31(41)18-17-28-14-11-23-45-28)34(42)29(15-9-10-20-37(3)4)38(5)27-12-7-6-8-13-27/h11,14,16,19,23,27,29-30H,6-10,12-13,15,17-18,20-22,24H2,1-5H3/t29-,30+/m1/s1. The molecular weight excluding hydrogens is 608 g/mol. The van der Waals surface area contributed by atoms with Gasteiger partial charge in [-0.3, -0.25) is 14.5 Å². The van der Waals surface area contributed by atoms with Crippen molar-refractivity contribution in [2.75, 3.05) is 47.3 Å². The summed E-state index contributed by atoms with van der Waals surface area (Å²) in [6.45, 7) is 5.51. The van der Waals surface area contributed by atoms with Gasteiger partial charge in [0, 0.05) is 30.4 Å². The van der Waals surface area contributed by atoms with Crippen LogP contribution < -0.4 is 4.74 Å². The van der Waals surface area contributed by atoms with Crippen molar-refractivity contribution >= 4 is 40.7 Å². The number of benzene rings is 1. The van der Waals surface area contributed by atoms with E-state index in [9.17, 15) is 14.4 Å². The second-order valence-electron chi connectivity index (χ2n) is 13.0. The molecule has 10 heteroatoms. The van der Waals surface area contributed by atoms with Gasteiger partial charge in [-0.2, -0.15) is 0 Å². The summed E-state index contributed by atoms with van der Waals surface area (Å²) in [7, 11) is 6.24. The van der Waals surface area contributed by atoms with Crippen LogP contribution in [0.25, 0.3) is 0 Å². The average molecular weight is 659 g/mol. The molecule has 1 aromatic carbocycles. The van der Waals surface area contributed by atoms with Crippen molar-refractivity contribution in [2.45, 2.75) is 96.2 Å². The lowest BCUT2D eigenvalue weighted by atomic mass is 9.92. The Kier molecular flexibility index (Phi) is 13.3. The number of halogens is 1. The minimum atomic E-state index is -0.724. The van der Waals surface area contributed by atoms with Crippen molar-refractivity contribution in [3.8, 4) is 5.75 Å². The minimum Gasteiger partial charge on any atom is -0.409 e. The molecule has 2 fully saturated rings. The van der Waals surface area contributed by atoms with Crippen LogP contribution in [0.2, 0.25) is 5.02 Å². The van der Waals surface area contributed by atoms with Crippen LogP contribution in [0.1, 0.15) is 73.8 Å². The van der Waals surface area contributed by atoms with E-state index in [1.54, 1.807) is 27.2 Å². The molecule has 0 unspecified atom stereocenters. The molecule has 2 heterocycles. The Morgan fingerprint density at radius 2 is 1.80 bits per heavy atom. The first-order valence-corrected chi connectivity index (χ1v) is 17.8. The van der Waals surface area contributed by atoms with Gasteiger partial charge >= 0.3 is 6.09 Å². The third kappa shape index (κ3) is 9.53. The van der Waals surface area contributed by atoms with E-state index in [0.717, 1.165) is 54.7 Å². The van der Waals surface area contributed by atoms with Crippen LogP contribution in [-0.4, -0.2) is 103 Å². The van der Waals surface area contributed by atoms with Crippen LogP contribution in [0.5, 0.6) is 5.75 Å². The van der Waals surface area contributed by atoms with Gasteiger partial charge in [-0.05, 0) is 102 Å². The molecule has 8 nitrogen and oxygen atoms in total. The molecule has 1 aromatic heterocycles. The third-order valence-corrected chi connectivity index (χ3v) is 11.0. The van der Waals surface area contributed by atoms with Gasteiger partial charge in [-0.15, -0.1) is 11.3 Å². The van der Waals surface area contributed by atoms with Crippen LogP contribution in [-0.2, 0) is 16.0 Å². The molecule has 2 amide bonds. The second-order valence-corrected chi connectivity index (χ2v) is 14.4. The molecular formula is C35H51ClN4O4S. The summed E-state index contributed by atoms with van der Waals surface area (Å²) in [5.41, 5.74) is 1.87. The molecule has 45 heavy (non-hydrogen) atoms. The summed E-state index contributed by atoms with van der Waals surface area (Å²) >= 11 is 8.13. The fraction of sp³-hybridized carbons (Fsp3) is 0.629. The van der Waals surface area contributed by atoms with Crippen LogP contribution in [0, 0.1) is 13.8 Å². The van der Waals surface area contributed by atoms with E-state index in [2.05, 4.69) is 30.9 Å². The van der Waals surface area contributed by atoms with Crippen LogP contribution in [0.3, 0.4) is 0 Å². The molecule has 0 radical (unpaired) electrons. The molecule has 1 saturated carbocycles. The van der Waals surface area contributed by atoms with Crippen molar-refractivity contribution in [3.63, 3.8) is 0 Å². The lowest BCUT2D eigenvalue weighted by molar-refractivity contribution is -0.147. The number of Topliss-reactive ketones (excluding diaryl/α,β-unsaturated/α-hetero) is 1. The Balaban J connectivity index is 1.54. The highest BCUT2D eigenvalue weighted by atomic mass is 35.5. The maximum absolute atomic E-state index is 14.5. The Morgan fingerprint density at radius 1 is 1.04 bits per heavy atom. The molecule has 0 N–H and O–H groups in total. The van der Waals surface area contributed by atoms with E-state index in [-0.39, 0.29) is 30.8 Å².